The second-order valence-corrected chi connectivity index (χ2v) is 10.8. The summed E-state index contributed by atoms with van der Waals surface area (Å²) >= 11 is 0. The highest BCUT2D eigenvalue weighted by Crippen LogP contribution is 2.35. The van der Waals surface area contributed by atoms with Crippen LogP contribution in [0.1, 0.15) is 25.3 Å². The molecule has 190 valence electrons. The molecule has 4 aromatic rings. The first kappa shape index (κ1) is 24.1. The minimum atomic E-state index is -4.42. The Morgan fingerprint density at radius 1 is 1.14 bits per heavy atom. The first-order valence-electron chi connectivity index (χ1n) is 11.3. The Kier molecular flexibility index (Phi) is 5.89. The third kappa shape index (κ3) is 5.01. The van der Waals surface area contributed by atoms with E-state index in [0.717, 1.165) is 27.1 Å². The highest BCUT2D eigenvalue weighted by atomic mass is 32.2. The van der Waals surface area contributed by atoms with Gasteiger partial charge >= 0.3 is 6.18 Å². The second-order valence-electron chi connectivity index (χ2n) is 9.00. The van der Waals surface area contributed by atoms with E-state index in [4.69, 9.17) is 0 Å². The van der Waals surface area contributed by atoms with E-state index in [1.165, 1.54) is 30.7 Å². The Hall–Kier alpha value is -3.61. The summed E-state index contributed by atoms with van der Waals surface area (Å²) in [7, 11) is -3.96. The summed E-state index contributed by atoms with van der Waals surface area (Å²) < 4.78 is 66.8. The van der Waals surface area contributed by atoms with Crippen molar-refractivity contribution < 1.29 is 21.6 Å². The van der Waals surface area contributed by atoms with E-state index in [0.29, 0.717) is 17.1 Å². The fourth-order valence-corrected chi connectivity index (χ4v) is 5.23. The van der Waals surface area contributed by atoms with Gasteiger partial charge in [0.15, 0.2) is 5.65 Å². The van der Waals surface area contributed by atoms with Crippen molar-refractivity contribution in [2.45, 2.75) is 50.3 Å². The van der Waals surface area contributed by atoms with Crippen LogP contribution in [0.4, 0.5) is 30.6 Å². The van der Waals surface area contributed by atoms with Gasteiger partial charge in [0.2, 0.25) is 5.95 Å². The molecule has 0 bridgehead atoms. The van der Waals surface area contributed by atoms with Crippen molar-refractivity contribution in [2.24, 2.45) is 5.92 Å². The highest BCUT2D eigenvalue weighted by Gasteiger charge is 2.30. The third-order valence-electron chi connectivity index (χ3n) is 6.01. The number of aromatic nitrogens is 5. The number of fused-ring (bicyclic) bond motifs is 1. The Balaban J connectivity index is 1.55. The summed E-state index contributed by atoms with van der Waals surface area (Å²) in [6, 6.07) is 8.21. The maximum absolute atomic E-state index is 13.4. The number of halogens is 3. The molecule has 5 rings (SSSR count). The number of hydrogen-bond acceptors (Lipinski definition) is 7. The number of hydrogen-bond donors (Lipinski definition) is 2. The van der Waals surface area contributed by atoms with Gasteiger partial charge in [-0.15, -0.1) is 0 Å². The molecule has 1 aromatic carbocycles. The molecule has 2 N–H and O–H groups in total. The van der Waals surface area contributed by atoms with Crippen molar-refractivity contribution >= 4 is 38.5 Å². The monoisotopic (exact) mass is 519 g/mol. The average Bonchev–Trinajstić information content (AvgIpc) is 3.42. The van der Waals surface area contributed by atoms with Crippen LogP contribution in [0.25, 0.3) is 11.0 Å². The van der Waals surface area contributed by atoms with Gasteiger partial charge in [-0.1, -0.05) is 17.7 Å². The number of alkyl halides is 3. The average molecular weight is 520 g/mol. The third-order valence-corrected chi connectivity index (χ3v) is 7.69. The van der Waals surface area contributed by atoms with Crippen LogP contribution < -0.4 is 10.6 Å². The van der Waals surface area contributed by atoms with Crippen LogP contribution in [0, 0.1) is 12.8 Å². The Labute approximate surface area is 205 Å². The molecule has 9 nitrogen and oxygen atoms in total. The predicted molar refractivity (Wildman–Crippen MR) is 129 cm³/mol. The molecule has 3 heterocycles. The van der Waals surface area contributed by atoms with E-state index in [2.05, 4.69) is 25.7 Å². The molecule has 0 aliphatic heterocycles. The zero-order valence-electron chi connectivity index (χ0n) is 19.5. The smallest absolute Gasteiger partial charge is 0.367 e. The van der Waals surface area contributed by atoms with Crippen LogP contribution in [0.5, 0.6) is 0 Å². The van der Waals surface area contributed by atoms with Gasteiger partial charge < -0.3 is 10.6 Å². The number of nitrogens with one attached hydrogen (secondary N) is 2. The fraction of sp³-hybridized carbons (Fsp3) is 0.348. The first-order valence-corrected chi connectivity index (χ1v) is 12.8. The van der Waals surface area contributed by atoms with E-state index in [9.17, 15) is 21.6 Å². The Morgan fingerprint density at radius 2 is 1.86 bits per heavy atom. The van der Waals surface area contributed by atoms with Crippen molar-refractivity contribution in [3.8, 4) is 0 Å². The van der Waals surface area contributed by atoms with Crippen molar-refractivity contribution in [1.82, 2.24) is 23.7 Å². The summed E-state index contributed by atoms with van der Waals surface area (Å²) in [5.74, 6) is 0.950. The lowest BCUT2D eigenvalue weighted by Crippen LogP contribution is -2.19. The maximum atomic E-state index is 13.4. The quantitative estimate of drug-likeness (QED) is 0.348. The molecule has 1 aliphatic rings. The lowest BCUT2D eigenvalue weighted by atomic mass is 10.2. The van der Waals surface area contributed by atoms with Crippen LogP contribution in [-0.2, 0) is 16.6 Å². The SMILES string of the molecule is Cc1ccc(S(=O)(=O)n2ccc3c(N[C@@H](C)C4CC4)nc(Nc4cnn(CC(F)(F)F)c4)nc32)cc1. The van der Waals surface area contributed by atoms with Gasteiger partial charge in [0.25, 0.3) is 10.0 Å². The summed E-state index contributed by atoms with van der Waals surface area (Å²) in [6.45, 7) is 2.65. The maximum Gasteiger partial charge on any atom is 0.408 e. The summed E-state index contributed by atoms with van der Waals surface area (Å²) in [5, 5.41) is 10.4. The van der Waals surface area contributed by atoms with Crippen LogP contribution in [-0.4, -0.2) is 44.4 Å². The minimum absolute atomic E-state index is 0.0265. The Morgan fingerprint density at radius 3 is 2.53 bits per heavy atom. The van der Waals surface area contributed by atoms with E-state index < -0.39 is 22.7 Å². The summed E-state index contributed by atoms with van der Waals surface area (Å²) in [4.78, 5) is 9.03. The van der Waals surface area contributed by atoms with Gasteiger partial charge in [-0.05, 0) is 50.8 Å². The molecule has 3 aromatic heterocycles. The summed E-state index contributed by atoms with van der Waals surface area (Å²) in [6.07, 6.45) is 1.60. The number of aryl methyl sites for hydroxylation is 1. The van der Waals surface area contributed by atoms with Crippen LogP contribution in [0.2, 0.25) is 0 Å². The van der Waals surface area contributed by atoms with E-state index >= 15 is 0 Å². The molecule has 0 saturated heterocycles. The normalized spacial score (nSPS) is 15.2. The molecular weight excluding hydrogens is 495 g/mol. The van der Waals surface area contributed by atoms with E-state index in [1.807, 2.05) is 13.8 Å². The molecule has 13 heteroatoms. The molecule has 36 heavy (non-hydrogen) atoms. The molecule has 1 atom stereocenters. The van der Waals surface area contributed by atoms with Crippen molar-refractivity contribution in [3.63, 3.8) is 0 Å². The molecular formula is C23H24F3N7O2S. The van der Waals surface area contributed by atoms with Crippen molar-refractivity contribution in [1.29, 1.82) is 0 Å². The van der Waals surface area contributed by atoms with Gasteiger partial charge in [-0.3, -0.25) is 4.68 Å². The molecule has 1 saturated carbocycles. The number of rotatable bonds is 8. The molecule has 0 unspecified atom stereocenters. The molecule has 0 radical (unpaired) electrons. The second kappa shape index (κ2) is 8.80. The van der Waals surface area contributed by atoms with Crippen LogP contribution >= 0.6 is 0 Å². The van der Waals surface area contributed by atoms with Gasteiger partial charge in [0, 0.05) is 18.4 Å². The molecule has 0 amide bonds. The van der Waals surface area contributed by atoms with E-state index in [1.54, 1.807) is 18.2 Å². The molecule has 1 fully saturated rings. The zero-order chi connectivity index (χ0) is 25.7. The first-order chi connectivity index (χ1) is 17.0. The van der Waals surface area contributed by atoms with E-state index in [-0.39, 0.29) is 28.2 Å². The Bertz CT molecular complexity index is 1510. The van der Waals surface area contributed by atoms with Gasteiger partial charge in [0.05, 0.1) is 22.2 Å². The summed E-state index contributed by atoms with van der Waals surface area (Å²) in [5.41, 5.74) is 1.30. The lowest BCUT2D eigenvalue weighted by molar-refractivity contribution is -0.142. The van der Waals surface area contributed by atoms with Crippen LogP contribution in [0.15, 0.2) is 53.8 Å². The number of benzene rings is 1. The van der Waals surface area contributed by atoms with Gasteiger partial charge in [0.1, 0.15) is 12.4 Å². The molecule has 1 aliphatic carbocycles. The van der Waals surface area contributed by atoms with Crippen molar-refractivity contribution in [2.75, 3.05) is 10.6 Å². The predicted octanol–water partition coefficient (Wildman–Crippen LogP) is 4.69. The molecule has 0 spiro atoms. The fourth-order valence-electron chi connectivity index (χ4n) is 3.93. The van der Waals surface area contributed by atoms with Crippen LogP contribution in [0.3, 0.4) is 0 Å². The zero-order valence-corrected chi connectivity index (χ0v) is 20.3. The minimum Gasteiger partial charge on any atom is -0.367 e. The van der Waals surface area contributed by atoms with Crippen molar-refractivity contribution in [3.05, 3.63) is 54.5 Å². The highest BCUT2D eigenvalue weighted by molar-refractivity contribution is 7.90. The van der Waals surface area contributed by atoms with Gasteiger partial charge in [-0.2, -0.15) is 28.2 Å². The number of nitrogens with zero attached hydrogens (tertiary/aromatic N) is 5. The number of anilines is 3. The standard InChI is InChI=1S/C23H24F3N7O2S/c1-14-3-7-18(8-4-14)36(34,35)33-10-9-19-20(28-15(2)16-5-6-16)30-22(31-21(19)33)29-17-11-27-32(12-17)13-23(24,25)26/h3-4,7-12,15-16H,5-6,13H2,1-2H3,(H2,28,29,30,31)/t15-/m0/s1. The topological polar surface area (TPSA) is 107 Å². The van der Waals surface area contributed by atoms with Gasteiger partial charge in [-0.25, -0.2) is 12.4 Å². The largest absolute Gasteiger partial charge is 0.408 e. The lowest BCUT2D eigenvalue weighted by Gasteiger charge is -2.16.